The molecular formula is C12H10BrN3O2. The van der Waals surface area contributed by atoms with Crippen LogP contribution in [-0.4, -0.2) is 27.3 Å². The Morgan fingerprint density at radius 3 is 2.78 bits per heavy atom. The number of benzene rings is 1. The Balaban J connectivity index is 2.20. The first kappa shape index (κ1) is 11.3. The monoisotopic (exact) mass is 307 g/mol. The Labute approximate surface area is 112 Å². The largest absolute Gasteiger partial charge is 0.508 e. The summed E-state index contributed by atoms with van der Waals surface area (Å²) in [7, 11) is 0. The van der Waals surface area contributed by atoms with Gasteiger partial charge in [0.2, 0.25) is 0 Å². The number of phenols is 1. The predicted octanol–water partition coefficient (Wildman–Crippen LogP) is 1.76. The lowest BCUT2D eigenvalue weighted by Crippen LogP contribution is -2.35. The van der Waals surface area contributed by atoms with Crippen molar-refractivity contribution in [2.24, 2.45) is 0 Å². The number of aromatic hydroxyl groups is 1. The Kier molecular flexibility index (Phi) is 2.59. The lowest BCUT2D eigenvalue weighted by atomic mass is 10.1. The van der Waals surface area contributed by atoms with E-state index in [1.165, 1.54) is 0 Å². The van der Waals surface area contributed by atoms with Gasteiger partial charge < -0.3 is 10.4 Å². The van der Waals surface area contributed by atoms with Crippen LogP contribution in [0.25, 0.3) is 11.1 Å². The molecule has 6 heteroatoms. The molecule has 3 rings (SSSR count). The molecule has 0 spiro atoms. The normalized spacial score (nSPS) is 14.2. The smallest absolute Gasteiger partial charge is 0.270 e. The Bertz CT molecular complexity index is 619. The summed E-state index contributed by atoms with van der Waals surface area (Å²) in [4.78, 5) is 11.9. The molecule has 1 aliphatic rings. The van der Waals surface area contributed by atoms with Gasteiger partial charge in [-0.25, -0.2) is 0 Å². The van der Waals surface area contributed by atoms with Crippen molar-refractivity contribution in [1.29, 1.82) is 0 Å². The van der Waals surface area contributed by atoms with Crippen LogP contribution < -0.4 is 5.32 Å². The summed E-state index contributed by atoms with van der Waals surface area (Å²) >= 11 is 3.39. The van der Waals surface area contributed by atoms with Crippen molar-refractivity contribution in [2.75, 3.05) is 6.54 Å². The molecular weight excluding hydrogens is 298 g/mol. The molecule has 92 valence electrons. The van der Waals surface area contributed by atoms with Gasteiger partial charge >= 0.3 is 0 Å². The summed E-state index contributed by atoms with van der Waals surface area (Å²) in [5.74, 6) is 0.0721. The summed E-state index contributed by atoms with van der Waals surface area (Å²) in [6, 6.07) is 6.71. The Morgan fingerprint density at radius 2 is 2.06 bits per heavy atom. The molecule has 0 bridgehead atoms. The molecule has 0 unspecified atom stereocenters. The molecule has 0 atom stereocenters. The third-order valence-corrected chi connectivity index (χ3v) is 3.45. The van der Waals surface area contributed by atoms with E-state index in [9.17, 15) is 9.90 Å². The highest BCUT2D eigenvalue weighted by Gasteiger charge is 2.26. The van der Waals surface area contributed by atoms with Crippen LogP contribution in [0.15, 0.2) is 28.9 Å². The zero-order valence-corrected chi connectivity index (χ0v) is 10.9. The molecule has 1 amide bonds. The first-order chi connectivity index (χ1) is 8.66. The first-order valence-corrected chi connectivity index (χ1v) is 6.30. The highest BCUT2D eigenvalue weighted by Crippen LogP contribution is 2.33. The van der Waals surface area contributed by atoms with Crippen molar-refractivity contribution >= 4 is 21.8 Å². The summed E-state index contributed by atoms with van der Waals surface area (Å²) < 4.78 is 2.34. The SMILES string of the molecule is O=C1NCCn2nc(Br)c(-c3ccc(O)cc3)c21. The zero-order chi connectivity index (χ0) is 12.7. The number of hydrogen-bond donors (Lipinski definition) is 2. The van der Waals surface area contributed by atoms with Crippen LogP contribution in [0, 0.1) is 0 Å². The molecule has 1 aliphatic heterocycles. The van der Waals surface area contributed by atoms with E-state index in [1.807, 2.05) is 0 Å². The first-order valence-electron chi connectivity index (χ1n) is 5.51. The van der Waals surface area contributed by atoms with Crippen molar-refractivity contribution in [2.45, 2.75) is 6.54 Å². The van der Waals surface area contributed by atoms with Crippen molar-refractivity contribution in [1.82, 2.24) is 15.1 Å². The number of hydrogen-bond acceptors (Lipinski definition) is 3. The fourth-order valence-corrected chi connectivity index (χ4v) is 2.68. The van der Waals surface area contributed by atoms with Gasteiger partial charge in [-0.05, 0) is 33.6 Å². The summed E-state index contributed by atoms with van der Waals surface area (Å²) in [6.07, 6.45) is 0. The van der Waals surface area contributed by atoms with E-state index >= 15 is 0 Å². The molecule has 18 heavy (non-hydrogen) atoms. The van der Waals surface area contributed by atoms with Gasteiger partial charge in [-0.15, -0.1) is 0 Å². The standard InChI is InChI=1S/C12H10BrN3O2/c13-11-9(7-1-3-8(17)4-2-7)10-12(18)14-5-6-16(10)15-11/h1-4,17H,5-6H2,(H,14,18). The fourth-order valence-electron chi connectivity index (χ4n) is 2.07. The minimum Gasteiger partial charge on any atom is -0.508 e. The lowest BCUT2D eigenvalue weighted by Gasteiger charge is -2.15. The second-order valence-electron chi connectivity index (χ2n) is 4.04. The third-order valence-electron chi connectivity index (χ3n) is 2.89. The average Bonchev–Trinajstić information content (AvgIpc) is 2.68. The molecule has 1 aromatic heterocycles. The molecule has 5 nitrogen and oxygen atoms in total. The van der Waals surface area contributed by atoms with Crippen LogP contribution in [0.2, 0.25) is 0 Å². The third kappa shape index (κ3) is 1.69. The van der Waals surface area contributed by atoms with Crippen molar-refractivity contribution in [3.05, 3.63) is 34.6 Å². The topological polar surface area (TPSA) is 67.2 Å². The minimum absolute atomic E-state index is 0.123. The van der Waals surface area contributed by atoms with E-state index in [1.54, 1.807) is 28.9 Å². The van der Waals surface area contributed by atoms with Crippen LogP contribution in [0.3, 0.4) is 0 Å². The van der Waals surface area contributed by atoms with Crippen LogP contribution in [-0.2, 0) is 6.54 Å². The number of amides is 1. The van der Waals surface area contributed by atoms with Gasteiger partial charge in [-0.3, -0.25) is 9.48 Å². The maximum atomic E-state index is 11.9. The molecule has 1 aromatic carbocycles. The number of halogens is 1. The number of phenolic OH excluding ortho intramolecular Hbond substituents is 1. The van der Waals surface area contributed by atoms with Gasteiger partial charge in [0.1, 0.15) is 16.0 Å². The predicted molar refractivity (Wildman–Crippen MR) is 69.4 cm³/mol. The molecule has 0 radical (unpaired) electrons. The molecule has 0 fully saturated rings. The minimum atomic E-state index is -0.123. The van der Waals surface area contributed by atoms with Crippen molar-refractivity contribution in [3.63, 3.8) is 0 Å². The van der Waals surface area contributed by atoms with Crippen LogP contribution in [0.5, 0.6) is 5.75 Å². The molecule has 2 N–H and O–H groups in total. The second-order valence-corrected chi connectivity index (χ2v) is 4.79. The van der Waals surface area contributed by atoms with Gasteiger partial charge in [-0.2, -0.15) is 5.10 Å². The molecule has 0 aliphatic carbocycles. The number of carbonyl (C=O) groups is 1. The van der Waals surface area contributed by atoms with Crippen LogP contribution in [0.1, 0.15) is 10.5 Å². The quantitative estimate of drug-likeness (QED) is 0.843. The van der Waals surface area contributed by atoms with Crippen LogP contribution >= 0.6 is 15.9 Å². The van der Waals surface area contributed by atoms with E-state index < -0.39 is 0 Å². The Hall–Kier alpha value is -1.82. The molecule has 0 saturated carbocycles. The van der Waals surface area contributed by atoms with E-state index in [4.69, 9.17) is 0 Å². The van der Waals surface area contributed by atoms with Crippen molar-refractivity contribution in [3.8, 4) is 16.9 Å². The fraction of sp³-hybridized carbons (Fsp3) is 0.167. The number of fused-ring (bicyclic) bond motifs is 1. The number of nitrogens with zero attached hydrogens (tertiary/aromatic N) is 2. The number of aromatic nitrogens is 2. The maximum absolute atomic E-state index is 11.9. The summed E-state index contributed by atoms with van der Waals surface area (Å²) in [6.45, 7) is 1.26. The summed E-state index contributed by atoms with van der Waals surface area (Å²) in [5, 5.41) is 16.4. The summed E-state index contributed by atoms with van der Waals surface area (Å²) in [5.41, 5.74) is 2.16. The van der Waals surface area contributed by atoms with E-state index in [2.05, 4.69) is 26.3 Å². The second kappa shape index (κ2) is 4.13. The zero-order valence-electron chi connectivity index (χ0n) is 9.35. The number of nitrogens with one attached hydrogen (secondary N) is 1. The number of rotatable bonds is 1. The molecule has 0 saturated heterocycles. The van der Waals surface area contributed by atoms with Crippen molar-refractivity contribution < 1.29 is 9.90 Å². The number of carbonyl (C=O) groups excluding carboxylic acids is 1. The van der Waals surface area contributed by atoms with Gasteiger partial charge in [0, 0.05) is 12.1 Å². The Morgan fingerprint density at radius 1 is 1.33 bits per heavy atom. The van der Waals surface area contributed by atoms with E-state index in [-0.39, 0.29) is 11.7 Å². The van der Waals surface area contributed by atoms with Gasteiger partial charge in [0.05, 0.1) is 6.54 Å². The van der Waals surface area contributed by atoms with Crippen LogP contribution in [0.4, 0.5) is 0 Å². The van der Waals surface area contributed by atoms with Gasteiger partial charge in [0.25, 0.3) is 5.91 Å². The average molecular weight is 308 g/mol. The highest BCUT2D eigenvalue weighted by atomic mass is 79.9. The van der Waals surface area contributed by atoms with E-state index in [0.29, 0.717) is 23.4 Å². The highest BCUT2D eigenvalue weighted by molar-refractivity contribution is 9.10. The molecule has 2 aromatic rings. The van der Waals surface area contributed by atoms with E-state index in [0.717, 1.165) is 11.1 Å². The van der Waals surface area contributed by atoms with Gasteiger partial charge in [0.15, 0.2) is 0 Å². The maximum Gasteiger partial charge on any atom is 0.270 e. The van der Waals surface area contributed by atoms with Gasteiger partial charge in [-0.1, -0.05) is 12.1 Å². The molecule has 2 heterocycles. The lowest BCUT2D eigenvalue weighted by molar-refractivity contribution is 0.0925.